The third-order valence-corrected chi connectivity index (χ3v) is 3.50. The second kappa shape index (κ2) is 7.19. The minimum Gasteiger partial charge on any atom is -0.375 e. The Balaban J connectivity index is 0.00000180. The Bertz CT molecular complexity index is 579. The first kappa shape index (κ1) is 16.4. The maximum atomic E-state index is 8.80. The quantitative estimate of drug-likeness (QED) is 0.720. The SMILES string of the molecule is C=C1C(Br)=C[C-]=C(c2ccc(C#N)cc2)N1CC.[Y]. The summed E-state index contributed by atoms with van der Waals surface area (Å²) in [4.78, 5) is 2.09. The maximum Gasteiger partial charge on any atom is 0.0990 e. The summed E-state index contributed by atoms with van der Waals surface area (Å²) in [6.45, 7) is 6.95. The van der Waals surface area contributed by atoms with Crippen LogP contribution in [0.3, 0.4) is 0 Å². The van der Waals surface area contributed by atoms with Gasteiger partial charge in [0.25, 0.3) is 0 Å². The molecule has 0 amide bonds. The molecule has 93 valence electrons. The molecule has 0 aromatic heterocycles. The molecule has 0 spiro atoms. The molecule has 0 bridgehead atoms. The Kier molecular flexibility index (Phi) is 6.20. The van der Waals surface area contributed by atoms with Crippen LogP contribution >= 0.6 is 15.9 Å². The number of nitriles is 1. The average Bonchev–Trinajstić information content (AvgIpc) is 2.42. The van der Waals surface area contributed by atoms with E-state index in [4.69, 9.17) is 5.26 Å². The third-order valence-electron chi connectivity index (χ3n) is 2.81. The minimum atomic E-state index is 0. The molecule has 0 fully saturated rings. The van der Waals surface area contributed by atoms with Gasteiger partial charge in [-0.3, -0.25) is 0 Å². The number of halogens is 1. The van der Waals surface area contributed by atoms with Crippen LogP contribution in [0.5, 0.6) is 0 Å². The van der Waals surface area contributed by atoms with Crippen molar-refractivity contribution in [3.8, 4) is 6.07 Å². The molecule has 1 aromatic carbocycles. The van der Waals surface area contributed by atoms with Crippen molar-refractivity contribution in [3.63, 3.8) is 0 Å². The monoisotopic (exact) mass is 388 g/mol. The largest absolute Gasteiger partial charge is 0.375 e. The Morgan fingerprint density at radius 3 is 2.53 bits per heavy atom. The van der Waals surface area contributed by atoms with Crippen LogP contribution in [0.15, 0.2) is 47.1 Å². The fourth-order valence-corrected chi connectivity index (χ4v) is 2.18. The molecule has 0 saturated carbocycles. The topological polar surface area (TPSA) is 27.0 Å². The van der Waals surface area contributed by atoms with Crippen LogP contribution in [-0.4, -0.2) is 11.4 Å². The first-order valence-electron chi connectivity index (χ1n) is 5.64. The van der Waals surface area contributed by atoms with Crippen molar-refractivity contribution in [2.24, 2.45) is 0 Å². The van der Waals surface area contributed by atoms with E-state index >= 15 is 0 Å². The molecule has 1 aliphatic rings. The van der Waals surface area contributed by atoms with Crippen LogP contribution in [-0.2, 0) is 32.7 Å². The summed E-state index contributed by atoms with van der Waals surface area (Å²) in [5.41, 5.74) is 3.60. The molecule has 0 N–H and O–H groups in total. The summed E-state index contributed by atoms with van der Waals surface area (Å²) in [5, 5.41) is 8.80. The Morgan fingerprint density at radius 2 is 2.00 bits per heavy atom. The fourth-order valence-electron chi connectivity index (χ4n) is 1.85. The molecule has 2 nitrogen and oxygen atoms in total. The van der Waals surface area contributed by atoms with Gasteiger partial charge in [-0.25, -0.2) is 0 Å². The summed E-state index contributed by atoms with van der Waals surface area (Å²) in [7, 11) is 0. The molecule has 0 unspecified atom stereocenters. The van der Waals surface area contributed by atoms with Crippen molar-refractivity contribution in [2.45, 2.75) is 6.92 Å². The predicted octanol–water partition coefficient (Wildman–Crippen LogP) is 3.83. The maximum absolute atomic E-state index is 8.80. The van der Waals surface area contributed by atoms with Crippen LogP contribution in [0.1, 0.15) is 18.1 Å². The first-order chi connectivity index (χ1) is 8.67. The number of likely N-dealkylation sites (N-methyl/N-ethyl adjacent to an activating group) is 1. The number of allylic oxidation sites excluding steroid dienone is 3. The molecule has 19 heavy (non-hydrogen) atoms. The molecule has 0 saturated heterocycles. The van der Waals surface area contributed by atoms with Crippen LogP contribution in [0.25, 0.3) is 5.70 Å². The van der Waals surface area contributed by atoms with Crippen LogP contribution < -0.4 is 0 Å². The second-order valence-corrected chi connectivity index (χ2v) is 4.72. The number of benzene rings is 1. The van der Waals surface area contributed by atoms with E-state index in [0.717, 1.165) is 28.0 Å². The smallest absolute Gasteiger partial charge is 0.0990 e. The zero-order chi connectivity index (χ0) is 13.1. The van der Waals surface area contributed by atoms with E-state index < -0.39 is 0 Å². The summed E-state index contributed by atoms with van der Waals surface area (Å²) in [6.07, 6.45) is 5.12. The van der Waals surface area contributed by atoms with Crippen molar-refractivity contribution in [1.29, 1.82) is 5.26 Å². The zero-order valence-electron chi connectivity index (χ0n) is 10.7. The van der Waals surface area contributed by atoms with Gasteiger partial charge < -0.3 is 4.90 Å². The number of nitrogens with zero attached hydrogens (tertiary/aromatic N) is 2. The normalized spacial score (nSPS) is 14.2. The second-order valence-electron chi connectivity index (χ2n) is 3.87. The molecule has 1 aromatic rings. The van der Waals surface area contributed by atoms with Crippen LogP contribution in [0.2, 0.25) is 0 Å². The van der Waals surface area contributed by atoms with Gasteiger partial charge in [0.05, 0.1) is 6.07 Å². The van der Waals surface area contributed by atoms with E-state index in [2.05, 4.69) is 46.5 Å². The summed E-state index contributed by atoms with van der Waals surface area (Å²) in [5.74, 6) is 0. The van der Waals surface area contributed by atoms with E-state index in [0.29, 0.717) is 5.56 Å². The minimum absolute atomic E-state index is 0. The van der Waals surface area contributed by atoms with Crippen LogP contribution in [0, 0.1) is 17.4 Å². The molecule has 0 aliphatic carbocycles. The summed E-state index contributed by atoms with van der Waals surface area (Å²) >= 11 is 3.46. The van der Waals surface area contributed by atoms with Gasteiger partial charge in [-0.2, -0.15) is 17.4 Å². The Labute approximate surface area is 147 Å². The molecule has 1 radical (unpaired) electrons. The molecule has 1 heterocycles. The number of hydrogen-bond donors (Lipinski definition) is 0. The van der Waals surface area contributed by atoms with Crippen LogP contribution in [0.4, 0.5) is 0 Å². The van der Waals surface area contributed by atoms with Gasteiger partial charge in [-0.1, -0.05) is 34.5 Å². The third kappa shape index (κ3) is 3.45. The van der Waals surface area contributed by atoms with Crippen molar-refractivity contribution in [1.82, 2.24) is 4.90 Å². The van der Waals surface area contributed by atoms with E-state index in [1.807, 2.05) is 30.3 Å². The summed E-state index contributed by atoms with van der Waals surface area (Å²) < 4.78 is 0.946. The standard InChI is InChI=1S/C15H12BrN2.Y/c1-3-18-11(2)14(16)8-9-15(18)13-6-4-12(10-17)5-7-13;/h4-8H,2-3H2,1H3;/q-1;. The van der Waals surface area contributed by atoms with Gasteiger partial charge in [0.1, 0.15) is 0 Å². The zero-order valence-corrected chi connectivity index (χ0v) is 15.1. The molecular formula is C15H12BrN2Y-. The van der Waals surface area contributed by atoms with E-state index in [1.54, 1.807) is 0 Å². The van der Waals surface area contributed by atoms with E-state index in [-0.39, 0.29) is 32.7 Å². The fraction of sp³-hybridized carbons (Fsp3) is 0.133. The van der Waals surface area contributed by atoms with Gasteiger partial charge in [0.2, 0.25) is 0 Å². The molecule has 0 atom stereocenters. The van der Waals surface area contributed by atoms with Gasteiger partial charge in [-0.15, -0.1) is 28.1 Å². The van der Waals surface area contributed by atoms with Crippen molar-refractivity contribution >= 4 is 21.6 Å². The number of hydrogen-bond acceptors (Lipinski definition) is 2. The van der Waals surface area contributed by atoms with E-state index in [9.17, 15) is 0 Å². The van der Waals surface area contributed by atoms with Crippen molar-refractivity contribution in [2.75, 3.05) is 6.54 Å². The molecular weight excluding hydrogens is 377 g/mol. The summed E-state index contributed by atoms with van der Waals surface area (Å²) in [6, 6.07) is 9.61. The first-order valence-corrected chi connectivity index (χ1v) is 6.43. The van der Waals surface area contributed by atoms with Gasteiger partial charge in [0, 0.05) is 44.8 Å². The molecule has 1 aliphatic heterocycles. The molecule has 2 rings (SSSR count). The van der Waals surface area contributed by atoms with Crippen molar-refractivity contribution in [3.05, 3.63) is 64.3 Å². The van der Waals surface area contributed by atoms with Gasteiger partial charge in [-0.05, 0) is 12.6 Å². The average molecular weight is 389 g/mol. The molecule has 4 heteroatoms. The van der Waals surface area contributed by atoms with Gasteiger partial charge in [0.15, 0.2) is 0 Å². The van der Waals surface area contributed by atoms with Gasteiger partial charge >= 0.3 is 0 Å². The van der Waals surface area contributed by atoms with E-state index in [1.165, 1.54) is 0 Å². The Hall–Kier alpha value is -0.686. The number of rotatable bonds is 2. The Morgan fingerprint density at radius 1 is 1.37 bits per heavy atom. The predicted molar refractivity (Wildman–Crippen MR) is 76.3 cm³/mol. The van der Waals surface area contributed by atoms with Crippen molar-refractivity contribution < 1.29 is 32.7 Å².